The van der Waals surface area contributed by atoms with E-state index in [9.17, 15) is 14.9 Å². The van der Waals surface area contributed by atoms with Crippen LogP contribution in [0, 0.1) is 10.1 Å². The third-order valence-electron chi connectivity index (χ3n) is 3.91. The van der Waals surface area contributed by atoms with Crippen molar-refractivity contribution in [1.29, 1.82) is 0 Å². The summed E-state index contributed by atoms with van der Waals surface area (Å²) in [5.74, 6) is 0.668. The van der Waals surface area contributed by atoms with E-state index in [2.05, 4.69) is 20.3 Å². The number of ether oxygens (including phenoxy) is 1. The van der Waals surface area contributed by atoms with Gasteiger partial charge in [-0.1, -0.05) is 23.1 Å². The second kappa shape index (κ2) is 8.05. The molecular formula is C18H15N5O4S2. The molecule has 0 spiro atoms. The molecule has 9 nitrogen and oxygen atoms in total. The quantitative estimate of drug-likeness (QED) is 0.256. The monoisotopic (exact) mass is 429 g/mol. The lowest BCUT2D eigenvalue weighted by Gasteiger charge is -2.00. The summed E-state index contributed by atoms with van der Waals surface area (Å²) in [4.78, 5) is 34.6. The summed E-state index contributed by atoms with van der Waals surface area (Å²) in [6.07, 6.45) is 0. The molecule has 0 fully saturated rings. The first-order valence-corrected chi connectivity index (χ1v) is 10.4. The fourth-order valence-corrected chi connectivity index (χ4v) is 4.26. The van der Waals surface area contributed by atoms with Gasteiger partial charge in [-0.15, -0.1) is 0 Å². The van der Waals surface area contributed by atoms with Gasteiger partial charge in [-0.05, 0) is 25.1 Å². The van der Waals surface area contributed by atoms with E-state index in [0.717, 1.165) is 16.8 Å². The van der Waals surface area contributed by atoms with Crippen LogP contribution in [0.25, 0.3) is 21.3 Å². The predicted molar refractivity (Wildman–Crippen MR) is 113 cm³/mol. The maximum absolute atomic E-state index is 12.3. The molecule has 0 saturated heterocycles. The lowest BCUT2D eigenvalue weighted by atomic mass is 10.3. The molecule has 0 aliphatic rings. The molecule has 2 aromatic carbocycles. The summed E-state index contributed by atoms with van der Waals surface area (Å²) in [5.41, 5.74) is 2.23. The van der Waals surface area contributed by atoms with Gasteiger partial charge in [0.05, 0.1) is 38.5 Å². The summed E-state index contributed by atoms with van der Waals surface area (Å²) < 4.78 is 6.11. The number of hydrogen-bond acceptors (Lipinski definition) is 8. The van der Waals surface area contributed by atoms with Crippen molar-refractivity contribution in [2.45, 2.75) is 12.1 Å². The number of imidazole rings is 1. The number of nitrogens with one attached hydrogen (secondary N) is 2. The number of carbonyl (C=O) groups is 1. The number of H-pyrrole nitrogens is 1. The number of non-ortho nitro benzene ring substituents is 1. The maximum Gasteiger partial charge on any atom is 0.270 e. The number of nitrogens with zero attached hydrogens (tertiary/aromatic N) is 3. The van der Waals surface area contributed by atoms with Gasteiger partial charge in [0.2, 0.25) is 5.91 Å². The number of nitro groups is 1. The fraction of sp³-hybridized carbons (Fsp3) is 0.167. The maximum atomic E-state index is 12.3. The van der Waals surface area contributed by atoms with Crippen LogP contribution in [-0.2, 0) is 4.79 Å². The lowest BCUT2D eigenvalue weighted by Crippen LogP contribution is -2.13. The van der Waals surface area contributed by atoms with E-state index in [4.69, 9.17) is 4.74 Å². The average Bonchev–Trinajstić information content (AvgIpc) is 3.28. The molecule has 148 valence electrons. The topological polar surface area (TPSA) is 123 Å². The van der Waals surface area contributed by atoms with Crippen LogP contribution < -0.4 is 10.1 Å². The molecule has 2 N–H and O–H groups in total. The summed E-state index contributed by atoms with van der Waals surface area (Å²) in [6, 6.07) is 9.99. The number of hydrogen-bond donors (Lipinski definition) is 2. The van der Waals surface area contributed by atoms with Gasteiger partial charge >= 0.3 is 0 Å². The van der Waals surface area contributed by atoms with Gasteiger partial charge in [0, 0.05) is 18.2 Å². The number of thiazole rings is 1. The van der Waals surface area contributed by atoms with Crippen LogP contribution in [0.4, 0.5) is 10.8 Å². The van der Waals surface area contributed by atoms with Gasteiger partial charge in [-0.3, -0.25) is 14.9 Å². The second-order valence-corrected chi connectivity index (χ2v) is 7.91. The summed E-state index contributed by atoms with van der Waals surface area (Å²) >= 11 is 2.47. The van der Waals surface area contributed by atoms with Gasteiger partial charge in [0.25, 0.3) is 5.69 Å². The Morgan fingerprint density at radius 2 is 2.10 bits per heavy atom. The Morgan fingerprint density at radius 3 is 2.90 bits per heavy atom. The summed E-state index contributed by atoms with van der Waals surface area (Å²) in [7, 11) is 0. The zero-order chi connectivity index (χ0) is 20.4. The molecule has 0 atom stereocenters. The first-order chi connectivity index (χ1) is 14.0. The van der Waals surface area contributed by atoms with E-state index in [1.54, 1.807) is 6.07 Å². The van der Waals surface area contributed by atoms with Crippen LogP contribution in [0.5, 0.6) is 5.75 Å². The first-order valence-electron chi connectivity index (χ1n) is 8.62. The van der Waals surface area contributed by atoms with E-state index in [-0.39, 0.29) is 17.3 Å². The van der Waals surface area contributed by atoms with Crippen molar-refractivity contribution in [2.75, 3.05) is 17.7 Å². The van der Waals surface area contributed by atoms with Crippen LogP contribution >= 0.6 is 23.1 Å². The second-order valence-electron chi connectivity index (χ2n) is 5.92. The summed E-state index contributed by atoms with van der Waals surface area (Å²) in [5, 5.41) is 14.6. The third-order valence-corrected chi connectivity index (χ3v) is 5.72. The molecule has 4 rings (SSSR count). The Hall–Kier alpha value is -3.18. The molecule has 1 amide bonds. The van der Waals surface area contributed by atoms with Crippen LogP contribution in [0.3, 0.4) is 0 Å². The van der Waals surface area contributed by atoms with Gasteiger partial charge in [-0.25, -0.2) is 9.97 Å². The first kappa shape index (κ1) is 19.2. The largest absolute Gasteiger partial charge is 0.494 e. The number of amides is 1. The van der Waals surface area contributed by atoms with E-state index in [0.29, 0.717) is 27.1 Å². The van der Waals surface area contributed by atoms with Gasteiger partial charge in [0.15, 0.2) is 10.3 Å². The molecule has 0 aliphatic heterocycles. The van der Waals surface area contributed by atoms with Crippen molar-refractivity contribution in [3.63, 3.8) is 0 Å². The Morgan fingerprint density at radius 1 is 1.28 bits per heavy atom. The molecule has 0 saturated carbocycles. The van der Waals surface area contributed by atoms with Gasteiger partial charge in [0.1, 0.15) is 5.75 Å². The van der Waals surface area contributed by atoms with E-state index >= 15 is 0 Å². The number of anilines is 1. The van der Waals surface area contributed by atoms with Crippen molar-refractivity contribution in [1.82, 2.24) is 15.0 Å². The lowest BCUT2D eigenvalue weighted by molar-refractivity contribution is -0.384. The van der Waals surface area contributed by atoms with Crippen LogP contribution in [0.1, 0.15) is 6.92 Å². The molecule has 4 aromatic rings. The van der Waals surface area contributed by atoms with Gasteiger partial charge < -0.3 is 15.0 Å². The Labute approximate surface area is 172 Å². The minimum absolute atomic E-state index is 0.00744. The van der Waals surface area contributed by atoms with E-state index < -0.39 is 4.92 Å². The van der Waals surface area contributed by atoms with Crippen LogP contribution in [0.15, 0.2) is 41.6 Å². The third kappa shape index (κ3) is 4.30. The molecule has 11 heteroatoms. The highest BCUT2D eigenvalue weighted by Gasteiger charge is 2.13. The molecule has 0 radical (unpaired) electrons. The fourth-order valence-electron chi connectivity index (χ4n) is 2.66. The highest BCUT2D eigenvalue weighted by atomic mass is 32.2. The van der Waals surface area contributed by atoms with Crippen molar-refractivity contribution in [3.8, 4) is 5.75 Å². The number of benzene rings is 2. The zero-order valence-corrected chi connectivity index (χ0v) is 16.8. The van der Waals surface area contributed by atoms with Crippen LogP contribution in [-0.4, -0.2) is 38.1 Å². The minimum Gasteiger partial charge on any atom is -0.494 e. The zero-order valence-electron chi connectivity index (χ0n) is 15.2. The average molecular weight is 429 g/mol. The number of nitro benzene ring substituents is 1. The van der Waals surface area contributed by atoms with Crippen molar-refractivity contribution < 1.29 is 14.5 Å². The molecular weight excluding hydrogens is 414 g/mol. The number of fused-ring (bicyclic) bond motifs is 2. The normalized spacial score (nSPS) is 11.1. The standard InChI is InChI=1S/C18H15N5O4S2/c1-2-27-11-4-6-12-14(8-11)21-17(19-12)28-9-16(24)22-18-20-13-5-3-10(23(25)26)7-15(13)29-18/h3-8H,2,9H2,1H3,(H,19,21)(H,20,22,24). The highest BCUT2D eigenvalue weighted by molar-refractivity contribution is 7.99. The van der Waals surface area contributed by atoms with Crippen molar-refractivity contribution >= 4 is 61.1 Å². The molecule has 2 heterocycles. The Balaban J connectivity index is 1.40. The highest BCUT2D eigenvalue weighted by Crippen LogP contribution is 2.29. The van der Waals surface area contributed by atoms with Crippen molar-refractivity contribution in [2.24, 2.45) is 0 Å². The van der Waals surface area contributed by atoms with E-state index in [1.165, 1.54) is 35.2 Å². The van der Waals surface area contributed by atoms with Crippen molar-refractivity contribution in [3.05, 3.63) is 46.5 Å². The number of carbonyl (C=O) groups excluding carboxylic acids is 1. The molecule has 0 aliphatic carbocycles. The Bertz CT molecular complexity index is 1220. The van der Waals surface area contributed by atoms with E-state index in [1.807, 2.05) is 25.1 Å². The number of thioether (sulfide) groups is 1. The Kier molecular flexibility index (Phi) is 5.32. The summed E-state index contributed by atoms with van der Waals surface area (Å²) in [6.45, 7) is 2.50. The smallest absolute Gasteiger partial charge is 0.270 e. The molecule has 2 aromatic heterocycles. The number of aromatic amines is 1. The molecule has 0 unspecified atom stereocenters. The van der Waals surface area contributed by atoms with Gasteiger partial charge in [-0.2, -0.15) is 0 Å². The number of aromatic nitrogens is 3. The SMILES string of the molecule is CCOc1ccc2nc(SCC(=O)Nc3nc4ccc([N+](=O)[O-])cc4s3)[nH]c2c1. The minimum atomic E-state index is -0.460. The predicted octanol–water partition coefficient (Wildman–Crippen LogP) is 4.21. The molecule has 0 bridgehead atoms. The number of rotatable bonds is 7. The van der Waals surface area contributed by atoms with Crippen LogP contribution in [0.2, 0.25) is 0 Å². The molecule has 29 heavy (non-hydrogen) atoms.